The van der Waals surface area contributed by atoms with Gasteiger partial charge in [0.1, 0.15) is 30.2 Å². The van der Waals surface area contributed by atoms with Crippen molar-refractivity contribution in [3.8, 4) is 0 Å². The SMILES string of the molecule is CC1=NC([N+](=O)[O-])=C(C[N+](C)(C)C/C=C/C(=O)Nc2cc3c(Nc4ccc(Cl)c(Cl)c4)ncnc3cn2)C1. The maximum atomic E-state index is 12.6. The highest BCUT2D eigenvalue weighted by Gasteiger charge is 2.31. The molecule has 196 valence electrons. The molecule has 2 N–H and O–H groups in total. The molecule has 0 fully saturated rings. The number of anilines is 3. The van der Waals surface area contributed by atoms with Gasteiger partial charge in [0.05, 0.1) is 48.0 Å². The topological polar surface area (TPSA) is 135 Å². The molecule has 0 saturated heterocycles. The zero-order valence-electron chi connectivity index (χ0n) is 20.9. The van der Waals surface area contributed by atoms with Crippen molar-refractivity contribution in [3.05, 3.63) is 80.5 Å². The van der Waals surface area contributed by atoms with Gasteiger partial charge in [0.25, 0.3) is 0 Å². The van der Waals surface area contributed by atoms with Crippen molar-refractivity contribution in [1.82, 2.24) is 15.0 Å². The second-order valence-corrected chi connectivity index (χ2v) is 10.3. The first-order valence-corrected chi connectivity index (χ1v) is 12.3. The predicted molar refractivity (Wildman–Crippen MR) is 148 cm³/mol. The summed E-state index contributed by atoms with van der Waals surface area (Å²) in [5.74, 6) is 0.399. The largest absolute Gasteiger partial charge is 0.368 e. The van der Waals surface area contributed by atoms with Gasteiger partial charge in [0, 0.05) is 23.6 Å². The summed E-state index contributed by atoms with van der Waals surface area (Å²) in [7, 11) is 3.88. The second kappa shape index (κ2) is 11.2. The van der Waals surface area contributed by atoms with E-state index in [-0.39, 0.29) is 11.7 Å². The van der Waals surface area contributed by atoms with Crippen LogP contribution in [0, 0.1) is 10.1 Å². The van der Waals surface area contributed by atoms with Crippen LogP contribution in [-0.4, -0.2) is 63.2 Å². The van der Waals surface area contributed by atoms with Crippen molar-refractivity contribution in [2.45, 2.75) is 13.3 Å². The van der Waals surface area contributed by atoms with Gasteiger partial charge in [0.15, 0.2) is 0 Å². The molecule has 38 heavy (non-hydrogen) atoms. The first-order chi connectivity index (χ1) is 18.0. The summed E-state index contributed by atoms with van der Waals surface area (Å²) in [6.07, 6.45) is 6.59. The lowest BCUT2D eigenvalue weighted by atomic mass is 10.1. The van der Waals surface area contributed by atoms with Gasteiger partial charge in [-0.1, -0.05) is 23.2 Å². The minimum atomic E-state index is -0.442. The van der Waals surface area contributed by atoms with Gasteiger partial charge < -0.3 is 25.2 Å². The molecule has 13 heteroatoms. The molecule has 1 aliphatic rings. The van der Waals surface area contributed by atoms with E-state index < -0.39 is 4.92 Å². The summed E-state index contributed by atoms with van der Waals surface area (Å²) in [4.78, 5) is 40.3. The van der Waals surface area contributed by atoms with Gasteiger partial charge in [-0.15, -0.1) is 0 Å². The lowest BCUT2D eigenvalue weighted by molar-refractivity contribution is -0.880. The van der Waals surface area contributed by atoms with Crippen molar-refractivity contribution in [2.24, 2.45) is 4.99 Å². The standard InChI is InChI=1S/C25H24Cl2N8O3/c1-15-9-16(25(31-15)34(37)38)13-35(2,3)8-4-5-23(36)33-22-11-18-21(12-28-22)29-14-30-24(18)32-17-6-7-19(26)20(27)10-17/h4-7,10-12,14H,8-9,13H2,1-3H3,(H-,28,29,30,32,33,36)/p+1/b5-4+. The van der Waals surface area contributed by atoms with Crippen LogP contribution < -0.4 is 10.6 Å². The van der Waals surface area contributed by atoms with E-state index in [9.17, 15) is 14.9 Å². The number of carbonyl (C=O) groups excluding carboxylic acids is 1. The Morgan fingerprint density at radius 2 is 1.97 bits per heavy atom. The number of hydrogen-bond acceptors (Lipinski definition) is 8. The molecule has 0 atom stereocenters. The fourth-order valence-corrected chi connectivity index (χ4v) is 4.31. The minimum absolute atomic E-state index is 0.0743. The monoisotopic (exact) mass is 555 g/mol. The third-order valence-corrected chi connectivity index (χ3v) is 6.44. The van der Waals surface area contributed by atoms with E-state index in [0.717, 1.165) is 5.71 Å². The number of pyridine rings is 1. The molecule has 4 rings (SSSR count). The van der Waals surface area contributed by atoms with Crippen LogP contribution in [0.1, 0.15) is 13.3 Å². The normalized spacial score (nSPS) is 13.8. The number of nitro groups is 1. The molecule has 0 spiro atoms. The predicted octanol–water partition coefficient (Wildman–Crippen LogP) is 5.00. The molecule has 11 nitrogen and oxygen atoms in total. The summed E-state index contributed by atoms with van der Waals surface area (Å²) in [6.45, 7) is 2.71. The molecule has 2 aromatic heterocycles. The Kier molecular flexibility index (Phi) is 8.00. The Balaban J connectivity index is 1.42. The van der Waals surface area contributed by atoms with E-state index in [2.05, 4.69) is 30.6 Å². The number of nitrogens with one attached hydrogen (secondary N) is 2. The maximum Gasteiger partial charge on any atom is 0.368 e. The van der Waals surface area contributed by atoms with E-state index in [1.165, 1.54) is 12.4 Å². The minimum Gasteiger partial charge on any atom is -0.358 e. The quantitative estimate of drug-likeness (QED) is 0.164. The Labute approximate surface area is 228 Å². The van der Waals surface area contributed by atoms with Gasteiger partial charge in [-0.25, -0.2) is 15.0 Å². The number of halogens is 2. The molecular formula is C25H25Cl2N8O3+. The number of fused-ring (bicyclic) bond motifs is 1. The molecular weight excluding hydrogens is 531 g/mol. The summed E-state index contributed by atoms with van der Waals surface area (Å²) in [5, 5.41) is 18.7. The number of likely N-dealkylation sites (N-methyl/N-ethyl adjacent to an activating group) is 1. The maximum absolute atomic E-state index is 12.6. The lowest BCUT2D eigenvalue weighted by Gasteiger charge is -2.28. The molecule has 0 bridgehead atoms. The van der Waals surface area contributed by atoms with Crippen molar-refractivity contribution in [1.29, 1.82) is 0 Å². The fraction of sp³-hybridized carbons (Fsp3) is 0.240. The number of aromatic nitrogens is 3. The van der Waals surface area contributed by atoms with Crippen molar-refractivity contribution >= 4 is 63.0 Å². The average molecular weight is 556 g/mol. The number of aliphatic imine (C=N–C) groups is 1. The molecule has 0 saturated carbocycles. The number of rotatable bonds is 9. The van der Waals surface area contributed by atoms with E-state index in [4.69, 9.17) is 23.2 Å². The smallest absolute Gasteiger partial charge is 0.358 e. The molecule has 1 aliphatic heterocycles. The number of nitrogens with zero attached hydrogens (tertiary/aromatic N) is 6. The van der Waals surface area contributed by atoms with E-state index in [1.54, 1.807) is 43.5 Å². The van der Waals surface area contributed by atoms with Crippen LogP contribution in [0.2, 0.25) is 10.0 Å². The third-order valence-electron chi connectivity index (χ3n) is 5.70. The van der Waals surface area contributed by atoms with Crippen molar-refractivity contribution in [2.75, 3.05) is 37.8 Å². The Hall–Kier alpha value is -3.93. The number of quaternary nitrogens is 1. The first-order valence-electron chi connectivity index (χ1n) is 11.5. The highest BCUT2D eigenvalue weighted by molar-refractivity contribution is 6.42. The number of carbonyl (C=O) groups is 1. The van der Waals surface area contributed by atoms with Crippen LogP contribution in [0.25, 0.3) is 10.9 Å². The summed E-state index contributed by atoms with van der Waals surface area (Å²) < 4.78 is 0.425. The van der Waals surface area contributed by atoms with Gasteiger partial charge >= 0.3 is 5.82 Å². The van der Waals surface area contributed by atoms with Gasteiger partial charge in [-0.05, 0) is 47.2 Å². The van der Waals surface area contributed by atoms with Gasteiger partial charge in [-0.3, -0.25) is 4.79 Å². The third kappa shape index (κ3) is 6.68. The number of benzene rings is 1. The van der Waals surface area contributed by atoms with Crippen molar-refractivity contribution < 1.29 is 14.2 Å². The van der Waals surface area contributed by atoms with Crippen LogP contribution >= 0.6 is 23.2 Å². The molecule has 3 heterocycles. The molecule has 0 radical (unpaired) electrons. The fourth-order valence-electron chi connectivity index (χ4n) is 4.02. The van der Waals surface area contributed by atoms with Gasteiger partial charge in [-0.2, -0.15) is 0 Å². The lowest BCUT2D eigenvalue weighted by Crippen LogP contribution is -2.41. The van der Waals surface area contributed by atoms with Crippen molar-refractivity contribution in [3.63, 3.8) is 0 Å². The van der Waals surface area contributed by atoms with Crippen LogP contribution in [0.4, 0.5) is 17.3 Å². The molecule has 0 aliphatic carbocycles. The summed E-state index contributed by atoms with van der Waals surface area (Å²) in [5.41, 5.74) is 2.68. The van der Waals surface area contributed by atoms with E-state index in [1.807, 2.05) is 14.1 Å². The van der Waals surface area contributed by atoms with Crippen LogP contribution in [-0.2, 0) is 4.79 Å². The highest BCUT2D eigenvalue weighted by atomic mass is 35.5. The van der Waals surface area contributed by atoms with Crippen LogP contribution in [0.5, 0.6) is 0 Å². The summed E-state index contributed by atoms with van der Waals surface area (Å²) in [6, 6.07) is 6.81. The molecule has 1 aromatic carbocycles. The first kappa shape index (κ1) is 27.1. The summed E-state index contributed by atoms with van der Waals surface area (Å²) >= 11 is 12.1. The van der Waals surface area contributed by atoms with E-state index in [0.29, 0.717) is 67.8 Å². The molecule has 0 unspecified atom stereocenters. The number of hydrogen-bond donors (Lipinski definition) is 2. The van der Waals surface area contributed by atoms with Crippen LogP contribution in [0.3, 0.4) is 0 Å². The zero-order valence-corrected chi connectivity index (χ0v) is 22.4. The number of amides is 1. The zero-order chi connectivity index (χ0) is 27.4. The van der Waals surface area contributed by atoms with Gasteiger partial charge in [0.2, 0.25) is 5.91 Å². The molecule has 3 aromatic rings. The average Bonchev–Trinajstić information content (AvgIpc) is 3.21. The highest BCUT2D eigenvalue weighted by Crippen LogP contribution is 2.29. The van der Waals surface area contributed by atoms with Crippen LogP contribution in [0.15, 0.2) is 65.3 Å². The van der Waals surface area contributed by atoms with E-state index >= 15 is 0 Å². The Bertz CT molecular complexity index is 1520. The molecule has 1 amide bonds. The Morgan fingerprint density at radius 3 is 2.71 bits per heavy atom. The Morgan fingerprint density at radius 1 is 1.18 bits per heavy atom. The second-order valence-electron chi connectivity index (χ2n) is 9.44.